The first kappa shape index (κ1) is 22.1. The molecule has 1 N–H and O–H groups in total. The summed E-state index contributed by atoms with van der Waals surface area (Å²) >= 11 is 6.34. The van der Waals surface area contributed by atoms with Crippen molar-refractivity contribution in [1.82, 2.24) is 15.1 Å². The molecule has 0 saturated carbocycles. The van der Waals surface area contributed by atoms with Gasteiger partial charge in [0.1, 0.15) is 28.2 Å². The lowest BCUT2D eigenvalue weighted by atomic mass is 10.1. The van der Waals surface area contributed by atoms with Crippen molar-refractivity contribution >= 4 is 40.3 Å². The second-order valence-corrected chi connectivity index (χ2v) is 9.19. The molecular weight excluding hydrogens is 469 g/mol. The predicted octanol–water partition coefficient (Wildman–Crippen LogP) is 5.75. The zero-order chi connectivity index (χ0) is 23.5. The quantitative estimate of drug-likeness (QED) is 0.277. The van der Waals surface area contributed by atoms with Gasteiger partial charge in [-0.3, -0.25) is 4.79 Å². The van der Waals surface area contributed by atoms with Crippen molar-refractivity contribution in [3.05, 3.63) is 107 Å². The van der Waals surface area contributed by atoms with Gasteiger partial charge in [-0.2, -0.15) is 5.10 Å². The van der Waals surface area contributed by atoms with E-state index in [1.165, 1.54) is 17.8 Å². The van der Waals surface area contributed by atoms with E-state index in [1.54, 1.807) is 29.0 Å². The van der Waals surface area contributed by atoms with Crippen LogP contribution in [0.4, 0.5) is 4.39 Å². The van der Waals surface area contributed by atoms with Crippen LogP contribution in [0.1, 0.15) is 11.1 Å². The summed E-state index contributed by atoms with van der Waals surface area (Å²) in [5, 5.41) is 7.43. The average molecular weight is 488 g/mol. The molecule has 1 aliphatic heterocycles. The number of aromatic nitrogens is 2. The number of hydrogen-bond donors (Lipinski definition) is 1. The molecule has 1 amide bonds. The van der Waals surface area contributed by atoms with Crippen LogP contribution in [0.15, 0.2) is 90.0 Å². The number of carbonyl (C=O) groups excluding carboxylic acids is 1. The number of nitrogens with one attached hydrogen (secondary N) is 1. The van der Waals surface area contributed by atoms with Crippen molar-refractivity contribution in [2.24, 2.45) is 0 Å². The third-order valence-corrected chi connectivity index (χ3v) is 6.31. The maximum Gasteiger partial charge on any atom is 0.263 e. The summed E-state index contributed by atoms with van der Waals surface area (Å²) in [6.07, 6.45) is 3.66. The van der Waals surface area contributed by atoms with Gasteiger partial charge in [0.05, 0.1) is 10.6 Å². The highest BCUT2D eigenvalue weighted by atomic mass is 32.2. The Morgan fingerprint density at radius 2 is 1.85 bits per heavy atom. The van der Waals surface area contributed by atoms with Crippen molar-refractivity contribution in [2.75, 3.05) is 0 Å². The van der Waals surface area contributed by atoms with Crippen molar-refractivity contribution in [1.29, 1.82) is 0 Å². The molecule has 1 fully saturated rings. The number of hydrogen-bond acceptors (Lipinski definition) is 5. The summed E-state index contributed by atoms with van der Waals surface area (Å²) in [5.74, 6) is 0.0533. The van der Waals surface area contributed by atoms with E-state index in [4.69, 9.17) is 22.1 Å². The minimum atomic E-state index is -0.306. The number of halogens is 1. The van der Waals surface area contributed by atoms with E-state index in [0.717, 1.165) is 16.8 Å². The molecule has 1 saturated heterocycles. The summed E-state index contributed by atoms with van der Waals surface area (Å²) in [6, 6.07) is 23.7. The highest BCUT2D eigenvalue weighted by molar-refractivity contribution is 8.26. The summed E-state index contributed by atoms with van der Waals surface area (Å²) in [5.41, 5.74) is 3.61. The Kier molecular flexibility index (Phi) is 6.24. The number of benzene rings is 3. The number of rotatable bonds is 6. The second-order valence-electron chi connectivity index (χ2n) is 7.47. The molecule has 2 heterocycles. The van der Waals surface area contributed by atoms with Crippen LogP contribution in [0.25, 0.3) is 23.0 Å². The van der Waals surface area contributed by atoms with Gasteiger partial charge in [0.25, 0.3) is 5.91 Å². The third-order valence-electron chi connectivity index (χ3n) is 5.15. The molecule has 0 spiro atoms. The number of thioether (sulfide) groups is 1. The van der Waals surface area contributed by atoms with Gasteiger partial charge in [-0.15, -0.1) is 0 Å². The van der Waals surface area contributed by atoms with Crippen molar-refractivity contribution < 1.29 is 13.9 Å². The lowest BCUT2D eigenvalue weighted by Gasteiger charge is -2.08. The molecule has 4 aromatic rings. The third kappa shape index (κ3) is 4.78. The van der Waals surface area contributed by atoms with E-state index in [2.05, 4.69) is 5.32 Å². The van der Waals surface area contributed by atoms with Gasteiger partial charge in [-0.05, 0) is 36.4 Å². The molecule has 0 bridgehead atoms. The summed E-state index contributed by atoms with van der Waals surface area (Å²) in [7, 11) is 0. The number of carbonyl (C=O) groups is 1. The van der Waals surface area contributed by atoms with Crippen molar-refractivity contribution in [2.45, 2.75) is 6.61 Å². The van der Waals surface area contributed by atoms with E-state index in [9.17, 15) is 9.18 Å². The minimum absolute atomic E-state index is 0.111. The van der Waals surface area contributed by atoms with Gasteiger partial charge < -0.3 is 10.1 Å². The molecule has 5 nitrogen and oxygen atoms in total. The van der Waals surface area contributed by atoms with Crippen LogP contribution in [0.5, 0.6) is 5.75 Å². The number of nitrogens with zero attached hydrogens (tertiary/aromatic N) is 2. The molecule has 0 atom stereocenters. The molecular formula is C26H18FN3O2S2. The van der Waals surface area contributed by atoms with Gasteiger partial charge in [0.15, 0.2) is 0 Å². The van der Waals surface area contributed by atoms with Crippen LogP contribution < -0.4 is 10.1 Å². The number of para-hydroxylation sites is 1. The Morgan fingerprint density at radius 3 is 2.62 bits per heavy atom. The highest BCUT2D eigenvalue weighted by Gasteiger charge is 2.23. The van der Waals surface area contributed by atoms with Gasteiger partial charge in [0, 0.05) is 22.9 Å². The zero-order valence-corrected chi connectivity index (χ0v) is 19.4. The van der Waals surface area contributed by atoms with Gasteiger partial charge in [-0.25, -0.2) is 9.07 Å². The van der Waals surface area contributed by atoms with Gasteiger partial charge in [0.2, 0.25) is 0 Å². The Morgan fingerprint density at radius 1 is 1.06 bits per heavy atom. The van der Waals surface area contributed by atoms with Gasteiger partial charge in [-0.1, -0.05) is 72.5 Å². The summed E-state index contributed by atoms with van der Waals surface area (Å²) in [4.78, 5) is 12.8. The van der Waals surface area contributed by atoms with E-state index in [1.807, 2.05) is 60.8 Å². The number of ether oxygens (including phenoxy) is 1. The Labute approximate surface area is 205 Å². The maximum atomic E-state index is 14.0. The summed E-state index contributed by atoms with van der Waals surface area (Å²) in [6.45, 7) is 0.111. The van der Waals surface area contributed by atoms with Crippen LogP contribution in [0.3, 0.4) is 0 Å². The predicted molar refractivity (Wildman–Crippen MR) is 136 cm³/mol. The first-order chi connectivity index (χ1) is 16.6. The molecule has 3 aromatic carbocycles. The highest BCUT2D eigenvalue weighted by Crippen LogP contribution is 2.32. The normalized spacial score (nSPS) is 14.4. The monoisotopic (exact) mass is 487 g/mol. The Hall–Kier alpha value is -3.75. The Bertz CT molecular complexity index is 1420. The smallest absolute Gasteiger partial charge is 0.263 e. The van der Waals surface area contributed by atoms with Crippen LogP contribution in [0, 0.1) is 5.82 Å². The average Bonchev–Trinajstić information content (AvgIpc) is 3.42. The molecule has 5 rings (SSSR count). The number of thiocarbonyl (C=S) groups is 1. The van der Waals surface area contributed by atoms with Crippen LogP contribution in [0.2, 0.25) is 0 Å². The van der Waals surface area contributed by atoms with Crippen molar-refractivity contribution in [3.63, 3.8) is 0 Å². The van der Waals surface area contributed by atoms with Crippen LogP contribution in [-0.4, -0.2) is 20.0 Å². The standard InChI is InChI=1S/C26H18FN3O2S2/c27-22-12-5-4-7-18(22)16-32-21-11-6-8-17(13-21)24-19(14-23-25(31)28-26(33)34-23)15-30(29-24)20-9-2-1-3-10-20/h1-15H,16H2,(H,28,31,33)/b23-14+. The molecule has 0 radical (unpaired) electrons. The second kappa shape index (κ2) is 9.62. The SMILES string of the molecule is O=C1NC(=S)S/C1=C/c1cn(-c2ccccc2)nc1-c1cccc(OCc2ccccc2F)c1. The molecule has 1 aromatic heterocycles. The minimum Gasteiger partial charge on any atom is -0.489 e. The molecule has 0 aliphatic carbocycles. The van der Waals surface area contributed by atoms with E-state index in [0.29, 0.717) is 26.2 Å². The fourth-order valence-corrected chi connectivity index (χ4v) is 4.54. The van der Waals surface area contributed by atoms with Gasteiger partial charge >= 0.3 is 0 Å². The van der Waals surface area contributed by atoms with E-state index in [-0.39, 0.29) is 18.3 Å². The first-order valence-corrected chi connectivity index (χ1v) is 11.7. The molecule has 168 valence electrons. The Balaban J connectivity index is 1.51. The maximum absolute atomic E-state index is 14.0. The topological polar surface area (TPSA) is 56.2 Å². The van der Waals surface area contributed by atoms with E-state index >= 15 is 0 Å². The van der Waals surface area contributed by atoms with Crippen LogP contribution in [-0.2, 0) is 11.4 Å². The fraction of sp³-hybridized carbons (Fsp3) is 0.0385. The molecule has 34 heavy (non-hydrogen) atoms. The lowest BCUT2D eigenvalue weighted by molar-refractivity contribution is -0.115. The zero-order valence-electron chi connectivity index (χ0n) is 17.8. The van der Waals surface area contributed by atoms with Crippen LogP contribution >= 0.6 is 24.0 Å². The first-order valence-electron chi connectivity index (χ1n) is 10.4. The summed E-state index contributed by atoms with van der Waals surface area (Å²) < 4.78 is 22.0. The largest absolute Gasteiger partial charge is 0.489 e. The molecule has 0 unspecified atom stereocenters. The molecule has 8 heteroatoms. The molecule has 1 aliphatic rings. The number of amides is 1. The fourth-order valence-electron chi connectivity index (χ4n) is 3.50. The van der Waals surface area contributed by atoms with Crippen molar-refractivity contribution in [3.8, 4) is 22.7 Å². The van der Waals surface area contributed by atoms with E-state index < -0.39 is 0 Å². The lowest BCUT2D eigenvalue weighted by Crippen LogP contribution is -2.17.